The summed E-state index contributed by atoms with van der Waals surface area (Å²) in [6, 6.07) is 1.06. The molecule has 0 unspecified atom stereocenters. The van der Waals surface area contributed by atoms with Gasteiger partial charge in [0.25, 0.3) is 0 Å². The summed E-state index contributed by atoms with van der Waals surface area (Å²) in [5.74, 6) is 0. The van der Waals surface area contributed by atoms with Gasteiger partial charge in [0, 0.05) is 0 Å². The van der Waals surface area contributed by atoms with E-state index in [2.05, 4.69) is 22.6 Å². The molecule has 0 atom stereocenters. The molecule has 0 fully saturated rings. The van der Waals surface area contributed by atoms with Gasteiger partial charge in [-0.05, 0) is 23.4 Å². The van der Waals surface area contributed by atoms with Gasteiger partial charge in [-0.2, -0.15) is 0 Å². The Labute approximate surface area is 145 Å². The maximum Gasteiger partial charge on any atom is 0.248 e. The van der Waals surface area contributed by atoms with Gasteiger partial charge in [0.05, 0.1) is 0 Å². The fourth-order valence-corrected chi connectivity index (χ4v) is 4.51. The van der Waals surface area contributed by atoms with Gasteiger partial charge in [0.15, 0.2) is 0 Å². The lowest BCUT2D eigenvalue weighted by atomic mass is 10.1. The molecular formula is C15H31Cl2ISi. The average molecular weight is 437 g/mol. The smallest absolute Gasteiger partial charge is 0.146 e. The van der Waals surface area contributed by atoms with Crippen LogP contribution in [0.4, 0.5) is 0 Å². The van der Waals surface area contributed by atoms with Crippen LogP contribution in [-0.2, 0) is 0 Å². The second-order valence-electron chi connectivity index (χ2n) is 5.75. The van der Waals surface area contributed by atoms with E-state index in [0.29, 0.717) is 0 Å². The molecule has 19 heavy (non-hydrogen) atoms. The first kappa shape index (κ1) is 20.5. The van der Waals surface area contributed by atoms with Crippen molar-refractivity contribution >= 4 is 51.4 Å². The van der Waals surface area contributed by atoms with Gasteiger partial charge in [-0.25, -0.2) is 0 Å². The van der Waals surface area contributed by atoms with E-state index in [1.165, 1.54) is 81.5 Å². The Hall–Kier alpha value is 1.53. The summed E-state index contributed by atoms with van der Waals surface area (Å²) in [7, 11) is 0. The molecule has 0 aliphatic heterocycles. The first-order valence-electron chi connectivity index (χ1n) is 8.00. The fourth-order valence-electron chi connectivity index (χ4n) is 2.30. The van der Waals surface area contributed by atoms with Gasteiger partial charge < -0.3 is 0 Å². The second-order valence-corrected chi connectivity index (χ2v) is 15.1. The highest BCUT2D eigenvalue weighted by Crippen LogP contribution is 2.23. The monoisotopic (exact) mass is 436 g/mol. The normalized spacial score (nSPS) is 12.0. The molecule has 0 aliphatic rings. The van der Waals surface area contributed by atoms with Gasteiger partial charge in [-0.1, -0.05) is 93.2 Å². The minimum Gasteiger partial charge on any atom is -0.146 e. The van der Waals surface area contributed by atoms with Crippen molar-refractivity contribution in [2.75, 3.05) is 4.43 Å². The van der Waals surface area contributed by atoms with Crippen LogP contribution in [0.3, 0.4) is 0 Å². The molecule has 0 aromatic rings. The number of rotatable bonds is 14. The van der Waals surface area contributed by atoms with Crippen molar-refractivity contribution in [1.29, 1.82) is 0 Å². The van der Waals surface area contributed by atoms with Gasteiger partial charge in [0.1, 0.15) is 0 Å². The molecule has 0 aromatic carbocycles. The zero-order valence-electron chi connectivity index (χ0n) is 12.5. The van der Waals surface area contributed by atoms with Gasteiger partial charge in [0.2, 0.25) is 6.69 Å². The van der Waals surface area contributed by atoms with Crippen molar-refractivity contribution in [1.82, 2.24) is 0 Å². The second kappa shape index (κ2) is 14.5. The molecule has 0 spiro atoms. The molecule has 0 bridgehead atoms. The van der Waals surface area contributed by atoms with Crippen LogP contribution < -0.4 is 0 Å². The third kappa shape index (κ3) is 19.5. The average Bonchev–Trinajstić information content (AvgIpc) is 2.34. The first-order valence-corrected chi connectivity index (χ1v) is 14.3. The van der Waals surface area contributed by atoms with Crippen LogP contribution in [0.2, 0.25) is 12.6 Å². The van der Waals surface area contributed by atoms with Crippen LogP contribution in [-0.4, -0.2) is 11.1 Å². The summed E-state index contributed by atoms with van der Waals surface area (Å²) in [5, 5.41) is 0. The van der Waals surface area contributed by atoms with Crippen molar-refractivity contribution in [3.63, 3.8) is 0 Å². The van der Waals surface area contributed by atoms with E-state index in [0.717, 1.165) is 6.04 Å². The first-order chi connectivity index (χ1) is 9.06. The van der Waals surface area contributed by atoms with Gasteiger partial charge in [-0.3, -0.25) is 0 Å². The van der Waals surface area contributed by atoms with E-state index >= 15 is 0 Å². The van der Waals surface area contributed by atoms with E-state index in [-0.39, 0.29) is 0 Å². The molecule has 0 aliphatic carbocycles. The highest BCUT2D eigenvalue weighted by atomic mass is 127. The number of hydrogen-bond acceptors (Lipinski definition) is 0. The third-order valence-electron chi connectivity index (χ3n) is 3.50. The maximum atomic E-state index is 6.08. The van der Waals surface area contributed by atoms with Crippen LogP contribution in [0.5, 0.6) is 0 Å². The topological polar surface area (TPSA) is 0 Å². The predicted octanol–water partition coefficient (Wildman–Crippen LogP) is 7.65. The molecule has 0 nitrogen and oxygen atoms in total. The van der Waals surface area contributed by atoms with Crippen molar-refractivity contribution < 1.29 is 0 Å². The summed E-state index contributed by atoms with van der Waals surface area (Å²) in [4.78, 5) is 0. The van der Waals surface area contributed by atoms with Crippen molar-refractivity contribution in [3.8, 4) is 0 Å². The van der Waals surface area contributed by atoms with Gasteiger partial charge >= 0.3 is 0 Å². The molecule has 0 radical (unpaired) electrons. The molecule has 116 valence electrons. The minimum absolute atomic E-state index is 1.06. The molecule has 4 heteroatoms. The van der Waals surface area contributed by atoms with Crippen molar-refractivity contribution in [2.45, 2.75) is 89.6 Å². The lowest BCUT2D eigenvalue weighted by Crippen LogP contribution is -2.11. The van der Waals surface area contributed by atoms with Crippen molar-refractivity contribution in [2.24, 2.45) is 0 Å². The van der Waals surface area contributed by atoms with Crippen LogP contribution in [0.1, 0.15) is 77.0 Å². The number of halogens is 3. The minimum atomic E-state index is -1.81. The Morgan fingerprint density at radius 3 is 1.26 bits per heavy atom. The SMILES string of the molecule is C[Si](Cl)(Cl)CCCCCCCCCCCCCCI. The van der Waals surface area contributed by atoms with Crippen LogP contribution in [0.25, 0.3) is 0 Å². The Morgan fingerprint density at radius 2 is 0.947 bits per heavy atom. The molecule has 0 N–H and O–H groups in total. The van der Waals surface area contributed by atoms with Gasteiger partial charge in [-0.15, -0.1) is 22.2 Å². The maximum absolute atomic E-state index is 6.08. The lowest BCUT2D eigenvalue weighted by Gasteiger charge is -2.09. The Kier molecular flexibility index (Phi) is 15.6. The Bertz CT molecular complexity index is 183. The highest BCUT2D eigenvalue weighted by Gasteiger charge is 2.19. The summed E-state index contributed by atoms with van der Waals surface area (Å²) < 4.78 is 1.33. The Morgan fingerprint density at radius 1 is 0.632 bits per heavy atom. The standard InChI is InChI=1S/C15H31Cl2ISi/c1-19(16,17)15-13-11-9-7-5-3-2-4-6-8-10-12-14-18/h2-15H2,1H3. The largest absolute Gasteiger partial charge is 0.248 e. The summed E-state index contributed by atoms with van der Waals surface area (Å²) >= 11 is 14.6. The molecule has 0 heterocycles. The van der Waals surface area contributed by atoms with E-state index in [4.69, 9.17) is 22.2 Å². The quantitative estimate of drug-likeness (QED) is 0.0861. The van der Waals surface area contributed by atoms with E-state index < -0.39 is 6.69 Å². The molecule has 0 aromatic heterocycles. The van der Waals surface area contributed by atoms with Crippen LogP contribution >= 0.6 is 44.7 Å². The lowest BCUT2D eigenvalue weighted by molar-refractivity contribution is 0.548. The molecule has 0 saturated carbocycles. The van der Waals surface area contributed by atoms with E-state index in [9.17, 15) is 0 Å². The molecule has 0 amide bonds. The van der Waals surface area contributed by atoms with E-state index in [1.807, 2.05) is 6.55 Å². The van der Waals surface area contributed by atoms with E-state index in [1.54, 1.807) is 0 Å². The number of hydrogen-bond donors (Lipinski definition) is 0. The third-order valence-corrected chi connectivity index (χ3v) is 6.63. The molecule has 0 rings (SSSR count). The number of unbranched alkanes of at least 4 members (excludes halogenated alkanes) is 11. The highest BCUT2D eigenvalue weighted by molar-refractivity contribution is 14.1. The predicted molar refractivity (Wildman–Crippen MR) is 102 cm³/mol. The van der Waals surface area contributed by atoms with Crippen LogP contribution in [0, 0.1) is 0 Å². The summed E-state index contributed by atoms with van der Waals surface area (Å²) in [6.45, 7) is 0.211. The van der Waals surface area contributed by atoms with Crippen molar-refractivity contribution in [3.05, 3.63) is 0 Å². The van der Waals surface area contributed by atoms with Crippen LogP contribution in [0.15, 0.2) is 0 Å². The fraction of sp³-hybridized carbons (Fsp3) is 1.00. The summed E-state index contributed by atoms with van der Waals surface area (Å²) in [6.07, 6.45) is 16.8. The summed E-state index contributed by atoms with van der Waals surface area (Å²) in [5.41, 5.74) is 0. The molecular weight excluding hydrogens is 406 g/mol. The zero-order chi connectivity index (χ0) is 14.4. The number of alkyl halides is 1. The zero-order valence-corrected chi connectivity index (χ0v) is 17.2. The Balaban J connectivity index is 2.99. The molecule has 0 saturated heterocycles.